The monoisotopic (exact) mass is 378 g/mol. The average molecular weight is 378 g/mol. The first kappa shape index (κ1) is 19.7. The van der Waals surface area contributed by atoms with Crippen LogP contribution in [0.15, 0.2) is 35.5 Å². The molecule has 1 aliphatic rings. The normalized spacial score (nSPS) is 18.3. The number of urea groups is 1. The zero-order valence-electron chi connectivity index (χ0n) is 13.7. The van der Waals surface area contributed by atoms with E-state index < -0.39 is 36.7 Å². The Morgan fingerprint density at radius 3 is 2.23 bits per heavy atom. The highest BCUT2D eigenvalue weighted by Gasteiger charge is 2.58. The third kappa shape index (κ3) is 4.12. The van der Waals surface area contributed by atoms with E-state index in [1.54, 1.807) is 31.2 Å². The van der Waals surface area contributed by atoms with E-state index >= 15 is 0 Å². The fourth-order valence-corrected chi connectivity index (χ4v) is 2.29. The molecule has 1 aromatic rings. The summed E-state index contributed by atoms with van der Waals surface area (Å²) in [6.45, 7) is 0.972. The molecular formula is C16H15F5N2O3. The van der Waals surface area contributed by atoms with E-state index in [0.717, 1.165) is 5.56 Å². The predicted molar refractivity (Wildman–Crippen MR) is 80.2 cm³/mol. The van der Waals surface area contributed by atoms with Crippen molar-refractivity contribution in [1.82, 2.24) is 10.6 Å². The Bertz CT molecular complexity index is 741. The molecule has 1 heterocycles. The van der Waals surface area contributed by atoms with Crippen molar-refractivity contribution in [2.24, 2.45) is 0 Å². The topological polar surface area (TPSA) is 67.4 Å². The Labute approximate surface area is 145 Å². The lowest BCUT2D eigenvalue weighted by atomic mass is 9.95. The second-order valence-corrected chi connectivity index (χ2v) is 5.76. The summed E-state index contributed by atoms with van der Waals surface area (Å²) in [6, 6.07) is 4.88. The molecular weight excluding hydrogens is 363 g/mol. The third-order valence-corrected chi connectivity index (χ3v) is 3.70. The van der Waals surface area contributed by atoms with Crippen molar-refractivity contribution in [2.75, 3.05) is 6.61 Å². The van der Waals surface area contributed by atoms with Crippen LogP contribution in [0.1, 0.15) is 24.1 Å². The van der Waals surface area contributed by atoms with Gasteiger partial charge in [0.15, 0.2) is 6.61 Å². The number of halogens is 5. The maximum atomic E-state index is 13.0. The molecule has 0 aromatic heterocycles. The summed E-state index contributed by atoms with van der Waals surface area (Å²) in [5.41, 5.74) is 1.08. The van der Waals surface area contributed by atoms with Crippen molar-refractivity contribution >= 4 is 12.0 Å². The van der Waals surface area contributed by atoms with Gasteiger partial charge in [-0.15, -0.1) is 0 Å². The second-order valence-electron chi connectivity index (χ2n) is 5.76. The van der Waals surface area contributed by atoms with Gasteiger partial charge in [0.25, 0.3) is 0 Å². The molecule has 5 nitrogen and oxygen atoms in total. The number of nitrogens with one attached hydrogen (secondary N) is 2. The number of amides is 2. The number of allylic oxidation sites excluding steroid dienone is 1. The maximum Gasteiger partial charge on any atom is 0.456 e. The molecule has 26 heavy (non-hydrogen) atoms. The van der Waals surface area contributed by atoms with E-state index in [-0.39, 0.29) is 11.3 Å². The van der Waals surface area contributed by atoms with E-state index in [2.05, 4.69) is 15.4 Å². The molecule has 0 radical (unpaired) electrons. The van der Waals surface area contributed by atoms with Crippen LogP contribution >= 0.6 is 0 Å². The van der Waals surface area contributed by atoms with Crippen LogP contribution in [0, 0.1) is 6.92 Å². The molecule has 1 aromatic carbocycles. The minimum atomic E-state index is -5.84. The van der Waals surface area contributed by atoms with Crippen LogP contribution in [0.5, 0.6) is 0 Å². The van der Waals surface area contributed by atoms with Gasteiger partial charge in [0.05, 0.1) is 11.6 Å². The zero-order chi connectivity index (χ0) is 19.7. The Balaban J connectivity index is 2.27. The van der Waals surface area contributed by atoms with Crippen LogP contribution in [0.3, 0.4) is 0 Å². The molecule has 1 atom stereocenters. The molecule has 142 valence electrons. The summed E-state index contributed by atoms with van der Waals surface area (Å²) in [5, 5.41) is 4.69. The lowest BCUT2D eigenvalue weighted by molar-refractivity contribution is -0.293. The molecule has 1 unspecified atom stereocenters. The molecule has 1 aliphatic heterocycles. The van der Waals surface area contributed by atoms with E-state index in [1.807, 2.05) is 0 Å². The molecule has 0 spiro atoms. The van der Waals surface area contributed by atoms with Gasteiger partial charge in [-0.05, 0) is 19.4 Å². The summed E-state index contributed by atoms with van der Waals surface area (Å²) in [7, 11) is 0. The number of esters is 1. The number of hydrogen-bond donors (Lipinski definition) is 2. The van der Waals surface area contributed by atoms with Crippen LogP contribution in [0.25, 0.3) is 0 Å². The van der Waals surface area contributed by atoms with Crippen LogP contribution in [0.2, 0.25) is 0 Å². The number of carbonyl (C=O) groups excluding carboxylic acids is 2. The molecule has 0 saturated carbocycles. The van der Waals surface area contributed by atoms with Crippen LogP contribution in [-0.2, 0) is 9.53 Å². The average Bonchev–Trinajstić information content (AvgIpc) is 2.51. The van der Waals surface area contributed by atoms with Gasteiger partial charge in [-0.1, -0.05) is 29.8 Å². The molecule has 10 heteroatoms. The van der Waals surface area contributed by atoms with Crippen molar-refractivity contribution in [2.45, 2.75) is 32.0 Å². The molecule has 2 rings (SSSR count). The van der Waals surface area contributed by atoms with Crippen molar-refractivity contribution in [3.63, 3.8) is 0 Å². The fraction of sp³-hybridized carbons (Fsp3) is 0.375. The number of aryl methyl sites for hydroxylation is 1. The minimum Gasteiger partial charge on any atom is -0.455 e. The van der Waals surface area contributed by atoms with Crippen LogP contribution < -0.4 is 10.6 Å². The number of benzene rings is 1. The van der Waals surface area contributed by atoms with Crippen molar-refractivity contribution in [3.05, 3.63) is 46.7 Å². The summed E-state index contributed by atoms with van der Waals surface area (Å²) >= 11 is 0. The maximum absolute atomic E-state index is 13.0. The van der Waals surface area contributed by atoms with E-state index in [0.29, 0.717) is 5.56 Å². The standard InChI is InChI=1S/C16H15F5N2O3/c1-8-3-5-10(6-4-8)12-11(9(2)22-14(25)23-12)13(24)26-7-15(17,18)16(19,20)21/h3-6,12H,7H2,1-2H3,(H2,22,23,25). The fourth-order valence-electron chi connectivity index (χ4n) is 2.29. The van der Waals surface area contributed by atoms with Crippen LogP contribution in [-0.4, -0.2) is 30.7 Å². The summed E-state index contributed by atoms with van der Waals surface area (Å²) in [5.74, 6) is -6.56. The molecule has 0 saturated heterocycles. The second kappa shape index (κ2) is 6.93. The quantitative estimate of drug-likeness (QED) is 0.624. The van der Waals surface area contributed by atoms with E-state index in [9.17, 15) is 31.5 Å². The summed E-state index contributed by atoms with van der Waals surface area (Å²) < 4.78 is 66.8. The van der Waals surface area contributed by atoms with E-state index in [4.69, 9.17) is 0 Å². The Morgan fingerprint density at radius 2 is 1.69 bits per heavy atom. The SMILES string of the molecule is CC1=C(C(=O)OCC(F)(F)C(F)(F)F)C(c2ccc(C)cc2)NC(=O)N1. The zero-order valence-corrected chi connectivity index (χ0v) is 13.7. The Morgan fingerprint density at radius 1 is 1.12 bits per heavy atom. The first-order valence-electron chi connectivity index (χ1n) is 7.39. The predicted octanol–water partition coefficient (Wildman–Crippen LogP) is 3.36. The number of rotatable bonds is 4. The number of alkyl halides is 5. The first-order chi connectivity index (χ1) is 11.9. The molecule has 0 bridgehead atoms. The smallest absolute Gasteiger partial charge is 0.455 e. The van der Waals surface area contributed by atoms with Crippen molar-refractivity contribution in [3.8, 4) is 0 Å². The molecule has 2 N–H and O–H groups in total. The van der Waals surface area contributed by atoms with Gasteiger partial charge >= 0.3 is 24.1 Å². The van der Waals surface area contributed by atoms with Crippen molar-refractivity contribution in [1.29, 1.82) is 0 Å². The Kier molecular flexibility index (Phi) is 5.24. The van der Waals surface area contributed by atoms with Gasteiger partial charge in [0.1, 0.15) is 0 Å². The van der Waals surface area contributed by atoms with Crippen LogP contribution in [0.4, 0.5) is 26.7 Å². The lowest BCUT2D eigenvalue weighted by Crippen LogP contribution is -2.46. The third-order valence-electron chi connectivity index (χ3n) is 3.70. The number of ether oxygens (including phenoxy) is 1. The highest BCUT2D eigenvalue weighted by molar-refractivity contribution is 5.95. The molecule has 2 amide bonds. The Hall–Kier alpha value is -2.65. The van der Waals surface area contributed by atoms with E-state index in [1.165, 1.54) is 6.92 Å². The molecule has 0 fully saturated rings. The first-order valence-corrected chi connectivity index (χ1v) is 7.39. The minimum absolute atomic E-state index is 0.000324. The lowest BCUT2D eigenvalue weighted by Gasteiger charge is -2.28. The van der Waals surface area contributed by atoms with Gasteiger partial charge in [-0.25, -0.2) is 9.59 Å². The highest BCUT2D eigenvalue weighted by Crippen LogP contribution is 2.36. The number of carbonyl (C=O) groups is 2. The van der Waals surface area contributed by atoms with Crippen molar-refractivity contribution < 1.29 is 36.3 Å². The van der Waals surface area contributed by atoms with Gasteiger partial charge in [-0.2, -0.15) is 22.0 Å². The van der Waals surface area contributed by atoms with Gasteiger partial charge in [0.2, 0.25) is 0 Å². The largest absolute Gasteiger partial charge is 0.456 e. The van der Waals surface area contributed by atoms with Gasteiger partial charge < -0.3 is 15.4 Å². The summed E-state index contributed by atoms with van der Waals surface area (Å²) in [4.78, 5) is 23.8. The van der Waals surface area contributed by atoms with Gasteiger partial charge in [-0.3, -0.25) is 0 Å². The molecule has 0 aliphatic carbocycles. The number of hydrogen-bond acceptors (Lipinski definition) is 3. The van der Waals surface area contributed by atoms with Gasteiger partial charge in [0, 0.05) is 5.70 Å². The summed E-state index contributed by atoms with van der Waals surface area (Å²) in [6.07, 6.45) is -5.84. The highest BCUT2D eigenvalue weighted by atomic mass is 19.4.